The average Bonchev–Trinajstić information content (AvgIpc) is 3.12. The Bertz CT molecular complexity index is 849. The van der Waals surface area contributed by atoms with Gasteiger partial charge < -0.3 is 9.84 Å². The fraction of sp³-hybridized carbons (Fsp3) is 0.333. The molecule has 3 aromatic rings. The summed E-state index contributed by atoms with van der Waals surface area (Å²) in [6, 6.07) is 7.74. The van der Waals surface area contributed by atoms with Gasteiger partial charge in [-0.25, -0.2) is 9.78 Å². The quantitative estimate of drug-likeness (QED) is 0.685. The van der Waals surface area contributed by atoms with E-state index in [0.717, 1.165) is 34.8 Å². The number of hydrogen-bond acceptors (Lipinski definition) is 4. The number of aromatic carboxylic acids is 1. The van der Waals surface area contributed by atoms with Gasteiger partial charge in [-0.2, -0.15) is 0 Å². The lowest BCUT2D eigenvalue weighted by atomic mass is 10.1. The highest BCUT2D eigenvalue weighted by Crippen LogP contribution is 2.30. The predicted octanol–water partition coefficient (Wildman–Crippen LogP) is 4.50. The van der Waals surface area contributed by atoms with E-state index >= 15 is 0 Å². The summed E-state index contributed by atoms with van der Waals surface area (Å²) >= 11 is 1.46. The summed E-state index contributed by atoms with van der Waals surface area (Å²) in [5.41, 5.74) is 2.73. The Hall–Kier alpha value is -2.34. The Kier molecular flexibility index (Phi) is 4.85. The minimum atomic E-state index is -0.937. The third kappa shape index (κ3) is 3.01. The van der Waals surface area contributed by atoms with Gasteiger partial charge in [0.15, 0.2) is 10.7 Å². The van der Waals surface area contributed by atoms with Crippen LogP contribution in [0.3, 0.4) is 0 Å². The van der Waals surface area contributed by atoms with Crippen molar-refractivity contribution in [3.63, 3.8) is 0 Å². The van der Waals surface area contributed by atoms with E-state index in [4.69, 9.17) is 4.74 Å². The molecular weight excluding hydrogens is 324 g/mol. The van der Waals surface area contributed by atoms with Gasteiger partial charge in [0.25, 0.3) is 0 Å². The van der Waals surface area contributed by atoms with Crippen LogP contribution in [-0.2, 0) is 6.42 Å². The fourth-order valence-corrected chi connectivity index (χ4v) is 3.59. The van der Waals surface area contributed by atoms with Crippen LogP contribution >= 0.6 is 11.3 Å². The van der Waals surface area contributed by atoms with Crippen LogP contribution in [0.15, 0.2) is 29.6 Å². The number of benzene rings is 1. The van der Waals surface area contributed by atoms with Crippen LogP contribution in [0, 0.1) is 0 Å². The molecule has 5 nitrogen and oxygen atoms in total. The average molecular weight is 344 g/mol. The molecule has 126 valence electrons. The van der Waals surface area contributed by atoms with E-state index in [9.17, 15) is 9.90 Å². The highest BCUT2D eigenvalue weighted by Gasteiger charge is 2.22. The number of hydrogen-bond donors (Lipinski definition) is 1. The molecule has 0 unspecified atom stereocenters. The van der Waals surface area contributed by atoms with Crippen LogP contribution in [0.4, 0.5) is 0 Å². The first-order valence-electron chi connectivity index (χ1n) is 8.11. The minimum absolute atomic E-state index is 0.273. The molecule has 0 atom stereocenters. The van der Waals surface area contributed by atoms with Crippen molar-refractivity contribution in [3.05, 3.63) is 41.0 Å². The molecule has 0 spiro atoms. The lowest BCUT2D eigenvalue weighted by Crippen LogP contribution is -2.06. The van der Waals surface area contributed by atoms with E-state index in [2.05, 4.69) is 11.9 Å². The standard InChI is InChI=1S/C18H20N2O3S/c1-3-5-14-16(17(21)22)20-15(11-24-18(20)19-14)12-6-8-13(9-7-12)23-10-4-2/h6-9,11H,3-5,10H2,1-2H3,(H,21,22). The van der Waals surface area contributed by atoms with E-state index < -0.39 is 5.97 Å². The zero-order chi connectivity index (χ0) is 17.1. The van der Waals surface area contributed by atoms with Crippen LogP contribution in [0.2, 0.25) is 0 Å². The Morgan fingerprint density at radius 2 is 2.00 bits per heavy atom. The van der Waals surface area contributed by atoms with Crippen LogP contribution in [0.1, 0.15) is 42.9 Å². The van der Waals surface area contributed by atoms with Gasteiger partial charge in [-0.15, -0.1) is 11.3 Å². The third-order valence-corrected chi connectivity index (χ3v) is 4.57. The Balaban J connectivity index is 2.04. The predicted molar refractivity (Wildman–Crippen MR) is 95.2 cm³/mol. The second-order valence-corrected chi connectivity index (χ2v) is 6.41. The maximum atomic E-state index is 11.7. The van der Waals surface area contributed by atoms with Gasteiger partial charge in [-0.3, -0.25) is 4.40 Å². The summed E-state index contributed by atoms with van der Waals surface area (Å²) in [4.78, 5) is 17.0. The highest BCUT2D eigenvalue weighted by molar-refractivity contribution is 7.15. The number of imidazole rings is 1. The molecule has 3 rings (SSSR count). The van der Waals surface area contributed by atoms with Gasteiger partial charge in [-0.05, 0) is 42.7 Å². The summed E-state index contributed by atoms with van der Waals surface area (Å²) in [6.45, 7) is 4.78. The third-order valence-electron chi connectivity index (χ3n) is 3.75. The molecule has 24 heavy (non-hydrogen) atoms. The second-order valence-electron chi connectivity index (χ2n) is 5.57. The Labute approximate surface area is 144 Å². The SMILES string of the molecule is CCCOc1ccc(-c2csc3nc(CCC)c(C(=O)O)n23)cc1. The van der Waals surface area contributed by atoms with Crippen molar-refractivity contribution in [2.75, 3.05) is 6.61 Å². The van der Waals surface area contributed by atoms with Crippen LogP contribution < -0.4 is 4.74 Å². The normalized spacial score (nSPS) is 11.1. The molecule has 0 aliphatic heterocycles. The molecule has 2 aromatic heterocycles. The monoisotopic (exact) mass is 344 g/mol. The minimum Gasteiger partial charge on any atom is -0.494 e. The molecule has 1 N–H and O–H groups in total. The van der Waals surface area contributed by atoms with Gasteiger partial charge in [-0.1, -0.05) is 20.3 Å². The molecule has 0 saturated heterocycles. The van der Waals surface area contributed by atoms with Gasteiger partial charge in [0.1, 0.15) is 5.75 Å². The van der Waals surface area contributed by atoms with E-state index in [-0.39, 0.29) is 5.69 Å². The smallest absolute Gasteiger partial charge is 0.354 e. The molecule has 0 bridgehead atoms. The molecule has 0 fully saturated rings. The number of carboxylic acid groups (broad SMARTS) is 1. The Morgan fingerprint density at radius 3 is 2.62 bits per heavy atom. The molecule has 0 aliphatic carbocycles. The topological polar surface area (TPSA) is 63.8 Å². The van der Waals surface area contributed by atoms with E-state index in [1.165, 1.54) is 11.3 Å². The van der Waals surface area contributed by atoms with Gasteiger partial charge in [0.2, 0.25) is 0 Å². The maximum absolute atomic E-state index is 11.7. The lowest BCUT2D eigenvalue weighted by molar-refractivity contribution is 0.0688. The number of aromatic nitrogens is 2. The largest absolute Gasteiger partial charge is 0.494 e. The van der Waals surface area contributed by atoms with Crippen molar-refractivity contribution < 1.29 is 14.6 Å². The number of thiazole rings is 1. The fourth-order valence-electron chi connectivity index (χ4n) is 2.68. The zero-order valence-electron chi connectivity index (χ0n) is 13.8. The first kappa shape index (κ1) is 16.5. The molecule has 0 aliphatic rings. The van der Waals surface area contributed by atoms with Gasteiger partial charge >= 0.3 is 5.97 Å². The van der Waals surface area contributed by atoms with Crippen molar-refractivity contribution >= 4 is 22.3 Å². The second kappa shape index (κ2) is 7.05. The summed E-state index contributed by atoms with van der Waals surface area (Å²) in [7, 11) is 0. The van der Waals surface area contributed by atoms with E-state index in [1.807, 2.05) is 36.6 Å². The van der Waals surface area contributed by atoms with Crippen molar-refractivity contribution in [1.29, 1.82) is 0 Å². The highest BCUT2D eigenvalue weighted by atomic mass is 32.1. The molecule has 0 radical (unpaired) electrons. The number of aryl methyl sites for hydroxylation is 1. The van der Waals surface area contributed by atoms with E-state index in [1.54, 1.807) is 4.40 Å². The number of fused-ring (bicyclic) bond motifs is 1. The summed E-state index contributed by atoms with van der Waals surface area (Å²) in [5, 5.41) is 11.6. The van der Waals surface area contributed by atoms with Gasteiger partial charge in [0.05, 0.1) is 18.0 Å². The molecule has 6 heteroatoms. The number of nitrogens with zero attached hydrogens (tertiary/aromatic N) is 2. The molecule has 0 saturated carbocycles. The number of ether oxygens (including phenoxy) is 1. The number of rotatable bonds is 7. The molecule has 2 heterocycles. The van der Waals surface area contributed by atoms with E-state index in [0.29, 0.717) is 18.7 Å². The van der Waals surface area contributed by atoms with Crippen molar-refractivity contribution in [2.24, 2.45) is 0 Å². The molecular formula is C18H20N2O3S. The summed E-state index contributed by atoms with van der Waals surface area (Å²) in [5.74, 6) is -0.115. The number of carbonyl (C=O) groups is 1. The Morgan fingerprint density at radius 1 is 1.25 bits per heavy atom. The lowest BCUT2D eigenvalue weighted by Gasteiger charge is -2.06. The van der Waals surface area contributed by atoms with Crippen LogP contribution in [0.5, 0.6) is 5.75 Å². The first-order valence-corrected chi connectivity index (χ1v) is 8.99. The first-order chi connectivity index (χ1) is 11.7. The van der Waals surface area contributed by atoms with Crippen molar-refractivity contribution in [2.45, 2.75) is 33.1 Å². The zero-order valence-corrected chi connectivity index (χ0v) is 14.6. The van der Waals surface area contributed by atoms with Crippen molar-refractivity contribution in [1.82, 2.24) is 9.38 Å². The van der Waals surface area contributed by atoms with Crippen LogP contribution in [0.25, 0.3) is 16.2 Å². The summed E-state index contributed by atoms with van der Waals surface area (Å²) < 4.78 is 7.35. The summed E-state index contributed by atoms with van der Waals surface area (Å²) in [6.07, 6.45) is 2.49. The molecule has 1 aromatic carbocycles. The maximum Gasteiger partial charge on any atom is 0.354 e. The number of carboxylic acids is 1. The molecule has 0 amide bonds. The van der Waals surface area contributed by atoms with Crippen LogP contribution in [-0.4, -0.2) is 27.1 Å². The van der Waals surface area contributed by atoms with Crippen molar-refractivity contribution in [3.8, 4) is 17.0 Å². The van der Waals surface area contributed by atoms with Gasteiger partial charge in [0, 0.05) is 5.38 Å².